The normalized spacial score (nSPS) is 24.9. The van der Waals surface area contributed by atoms with Crippen LogP contribution in [0.1, 0.15) is 7.43 Å². The van der Waals surface area contributed by atoms with Crippen LogP contribution in [0.3, 0.4) is 0 Å². The van der Waals surface area contributed by atoms with Crippen molar-refractivity contribution in [3.8, 4) is 0 Å². The van der Waals surface area contributed by atoms with E-state index in [0.717, 1.165) is 0 Å². The van der Waals surface area contributed by atoms with Crippen molar-refractivity contribution in [2.45, 2.75) is 7.43 Å². The summed E-state index contributed by atoms with van der Waals surface area (Å²) in [5, 5.41) is 4.73. The van der Waals surface area contributed by atoms with Crippen LogP contribution in [0.25, 0.3) is 0 Å². The summed E-state index contributed by atoms with van der Waals surface area (Å²) in [6.07, 6.45) is 1.41. The number of hydrogen-bond acceptors (Lipinski definition) is 2. The van der Waals surface area contributed by atoms with Crippen LogP contribution in [0.15, 0.2) is 21.2 Å². The molecule has 0 saturated heterocycles. The number of rotatable bonds is 0. The monoisotopic (exact) mass is 118 g/mol. The Labute approximate surface area is 44.7 Å². The van der Waals surface area contributed by atoms with E-state index in [1.807, 2.05) is 0 Å². The molecule has 0 N–H and O–H groups in total. The average Bonchev–Trinajstić information content (AvgIpc) is 1.86. The molecule has 1 heterocycles. The van der Waals surface area contributed by atoms with Crippen LogP contribution in [-0.2, 0) is 11.0 Å². The summed E-state index contributed by atoms with van der Waals surface area (Å²) >= 11 is 0. The Bertz CT molecular complexity index is 115. The van der Waals surface area contributed by atoms with Crippen molar-refractivity contribution in [2.75, 3.05) is 0 Å². The Hall–Kier alpha value is -0.510. The molecule has 0 aromatic heterocycles. The van der Waals surface area contributed by atoms with Crippen molar-refractivity contribution in [2.24, 2.45) is 9.63 Å². The Morgan fingerprint density at radius 1 is 1.57 bits per heavy atom. The van der Waals surface area contributed by atoms with Gasteiger partial charge in [0.15, 0.2) is 11.0 Å². The van der Waals surface area contributed by atoms with Crippen LogP contribution in [0.4, 0.5) is 0 Å². The van der Waals surface area contributed by atoms with Gasteiger partial charge in [-0.25, -0.2) is 4.21 Å². The molecule has 1 atom stereocenters. The van der Waals surface area contributed by atoms with Crippen LogP contribution in [-0.4, -0.2) is 4.21 Å². The Morgan fingerprint density at radius 3 is 2.43 bits per heavy atom. The molecule has 0 bridgehead atoms. The van der Waals surface area contributed by atoms with Crippen LogP contribution in [0.5, 0.6) is 0 Å². The summed E-state index contributed by atoms with van der Waals surface area (Å²) in [6.45, 7) is 0. The van der Waals surface area contributed by atoms with Gasteiger partial charge >= 0.3 is 0 Å². The van der Waals surface area contributed by atoms with Gasteiger partial charge in [-0.3, -0.25) is 0 Å². The molecular weight excluding hydrogens is 112 g/mol. The summed E-state index contributed by atoms with van der Waals surface area (Å²) in [5.74, 6) is 0. The first-order valence-electron chi connectivity index (χ1n) is 1.38. The van der Waals surface area contributed by atoms with E-state index in [0.29, 0.717) is 0 Å². The second kappa shape index (κ2) is 2.63. The van der Waals surface area contributed by atoms with Gasteiger partial charge in [-0.05, 0) is 0 Å². The van der Waals surface area contributed by atoms with Gasteiger partial charge in [0.1, 0.15) is 0 Å². The molecule has 3 nitrogen and oxygen atoms in total. The van der Waals surface area contributed by atoms with Crippen molar-refractivity contribution in [3.05, 3.63) is 11.6 Å². The minimum absolute atomic E-state index is 0. The highest BCUT2D eigenvalue weighted by Crippen LogP contribution is 1.96. The van der Waals surface area contributed by atoms with Gasteiger partial charge in [-0.2, -0.15) is 0 Å². The molecular formula is C3H6N2OS. The zero-order valence-electron chi connectivity index (χ0n) is 2.87. The lowest BCUT2D eigenvalue weighted by molar-refractivity contribution is 0.689. The van der Waals surface area contributed by atoms with Crippen molar-refractivity contribution in [1.29, 1.82) is 0 Å². The van der Waals surface area contributed by atoms with Crippen LogP contribution in [0.2, 0.25) is 0 Å². The van der Waals surface area contributed by atoms with E-state index in [2.05, 4.69) is 9.63 Å². The van der Waals surface area contributed by atoms with Gasteiger partial charge in [-0.1, -0.05) is 11.9 Å². The van der Waals surface area contributed by atoms with E-state index >= 15 is 0 Å². The minimum atomic E-state index is -1.15. The molecule has 0 radical (unpaired) electrons. The van der Waals surface area contributed by atoms with Gasteiger partial charge < -0.3 is 0 Å². The average molecular weight is 118 g/mol. The van der Waals surface area contributed by atoms with E-state index in [-0.39, 0.29) is 7.43 Å². The maximum absolute atomic E-state index is 10.0. The highest BCUT2D eigenvalue weighted by molar-refractivity contribution is 7.86. The van der Waals surface area contributed by atoms with E-state index in [4.69, 9.17) is 0 Å². The lowest BCUT2D eigenvalue weighted by Crippen LogP contribution is -1.63. The smallest absolute Gasteiger partial charge is 0.185 e. The van der Waals surface area contributed by atoms with Crippen LogP contribution < -0.4 is 0 Å². The Kier molecular flexibility index (Phi) is 2.44. The van der Waals surface area contributed by atoms with Gasteiger partial charge in [-0.15, -0.1) is 5.11 Å². The first-order chi connectivity index (χ1) is 2.89. The number of hydrogen-bond donors (Lipinski definition) is 0. The lowest BCUT2D eigenvalue weighted by Gasteiger charge is -1.61. The summed E-state index contributed by atoms with van der Waals surface area (Å²) in [5.41, 5.74) is 0. The predicted octanol–water partition coefficient (Wildman–Crippen LogP) is 1.22. The van der Waals surface area contributed by atoms with Crippen molar-refractivity contribution >= 4 is 11.0 Å². The molecule has 0 fully saturated rings. The lowest BCUT2D eigenvalue weighted by atomic mass is 11.1. The summed E-state index contributed by atoms with van der Waals surface area (Å²) in [4.78, 5) is 0. The summed E-state index contributed by atoms with van der Waals surface area (Å²) in [7, 11) is -1.15. The van der Waals surface area contributed by atoms with Crippen molar-refractivity contribution < 1.29 is 4.21 Å². The molecule has 0 aromatic carbocycles. The summed E-state index contributed by atoms with van der Waals surface area (Å²) < 4.78 is 13.2. The molecule has 40 valence electrons. The maximum Gasteiger partial charge on any atom is 0.185 e. The Morgan fingerprint density at radius 2 is 2.29 bits per heavy atom. The van der Waals surface area contributed by atoms with Gasteiger partial charge in [0.05, 0.1) is 6.20 Å². The van der Waals surface area contributed by atoms with Gasteiger partial charge in [0.2, 0.25) is 0 Å². The van der Waals surface area contributed by atoms with Gasteiger partial charge in [0.25, 0.3) is 0 Å². The number of nitrogens with zero attached hydrogens (tertiary/aromatic N) is 2. The van der Waals surface area contributed by atoms with Crippen molar-refractivity contribution in [3.63, 3.8) is 0 Å². The summed E-state index contributed by atoms with van der Waals surface area (Å²) in [6, 6.07) is 0. The standard InChI is InChI=1S/C2H2N2OS.CH4/c5-6-2-1-3-4-6;/h1-2H;1H4. The predicted molar refractivity (Wildman–Crippen MR) is 28.9 cm³/mol. The SMILES string of the molecule is C.O=S1C=CN=N1. The molecule has 0 aromatic rings. The molecule has 0 amide bonds. The van der Waals surface area contributed by atoms with Crippen LogP contribution in [0, 0.1) is 0 Å². The van der Waals surface area contributed by atoms with E-state index in [9.17, 15) is 4.21 Å². The molecule has 0 aliphatic carbocycles. The fourth-order valence-electron chi connectivity index (χ4n) is 0.180. The zero-order valence-corrected chi connectivity index (χ0v) is 3.68. The zero-order chi connectivity index (χ0) is 4.41. The second-order valence-corrected chi connectivity index (χ2v) is 1.75. The topological polar surface area (TPSA) is 41.8 Å². The molecule has 1 rings (SSSR count). The third-order valence-electron chi connectivity index (χ3n) is 0.372. The molecule has 1 aliphatic rings. The third kappa shape index (κ3) is 1.59. The second-order valence-electron chi connectivity index (χ2n) is 0.758. The third-order valence-corrected chi connectivity index (χ3v) is 0.981. The first kappa shape index (κ1) is 6.49. The largest absolute Gasteiger partial charge is 0.228 e. The molecule has 4 heteroatoms. The van der Waals surface area contributed by atoms with Crippen molar-refractivity contribution in [1.82, 2.24) is 0 Å². The fourth-order valence-corrected chi connectivity index (χ4v) is 0.541. The van der Waals surface area contributed by atoms with Crippen LogP contribution >= 0.6 is 0 Å². The highest BCUT2D eigenvalue weighted by atomic mass is 32.2. The van der Waals surface area contributed by atoms with E-state index < -0.39 is 11.0 Å². The Balaban J connectivity index is 0.000000360. The minimum Gasteiger partial charge on any atom is -0.228 e. The van der Waals surface area contributed by atoms with E-state index in [1.54, 1.807) is 0 Å². The first-order valence-corrected chi connectivity index (χ1v) is 2.55. The van der Waals surface area contributed by atoms with E-state index in [1.165, 1.54) is 11.6 Å². The highest BCUT2D eigenvalue weighted by Gasteiger charge is 1.89. The fraction of sp³-hybridized carbons (Fsp3) is 0.333. The molecule has 0 saturated carbocycles. The molecule has 1 unspecified atom stereocenters. The quantitative estimate of drug-likeness (QED) is 0.471. The maximum atomic E-state index is 10.0. The molecule has 7 heavy (non-hydrogen) atoms. The molecule has 0 spiro atoms. The van der Waals surface area contributed by atoms with Gasteiger partial charge in [0, 0.05) is 5.41 Å². The molecule has 1 aliphatic heterocycles.